The van der Waals surface area contributed by atoms with E-state index in [2.05, 4.69) is 34.9 Å². The molecule has 1 heterocycles. The number of carbonyl (C=O) groups is 2. The number of carboxylic acid groups (broad SMARTS) is 2. The van der Waals surface area contributed by atoms with Gasteiger partial charge in [0.15, 0.2) is 5.75 Å². The van der Waals surface area contributed by atoms with E-state index in [0.717, 1.165) is 12.1 Å². The minimum atomic E-state index is -4.51. The van der Waals surface area contributed by atoms with Crippen molar-refractivity contribution in [3.8, 4) is 5.75 Å². The lowest BCUT2D eigenvalue weighted by Crippen LogP contribution is -2.14. The first-order valence-corrected chi connectivity index (χ1v) is 15.1. The fraction of sp³-hybridized carbons (Fsp3) is 0. The molecule has 0 aliphatic carbocycles. The van der Waals surface area contributed by atoms with E-state index in [1.54, 1.807) is 0 Å². The van der Waals surface area contributed by atoms with E-state index in [-0.39, 0.29) is 44.1 Å². The summed E-state index contributed by atoms with van der Waals surface area (Å²) in [6, 6.07) is 14.5. The van der Waals surface area contributed by atoms with Crippen molar-refractivity contribution >= 4 is 65.8 Å². The van der Waals surface area contributed by atoms with E-state index in [4.69, 9.17) is 10.2 Å². The van der Waals surface area contributed by atoms with Crippen molar-refractivity contribution in [3.05, 3.63) is 90.3 Å². The number of hydrogen-bond donors (Lipinski definition) is 6. The zero-order valence-corrected chi connectivity index (χ0v) is 23.5. The van der Waals surface area contributed by atoms with E-state index >= 15 is 0 Å². The molecule has 224 valence electrons. The smallest absolute Gasteiger partial charge is 0.335 e. The highest BCUT2D eigenvalue weighted by molar-refractivity contribution is 7.93. The van der Waals surface area contributed by atoms with Gasteiger partial charge in [0, 0.05) is 16.8 Å². The van der Waals surface area contributed by atoms with Crippen LogP contribution in [0.25, 0.3) is 10.8 Å². The van der Waals surface area contributed by atoms with E-state index in [1.807, 2.05) is 0 Å². The highest BCUT2D eigenvalue weighted by atomic mass is 32.2. The molecule has 18 heteroatoms. The summed E-state index contributed by atoms with van der Waals surface area (Å²) in [6.45, 7) is 0. The SMILES string of the molecule is O=C(O)c1ccc(NS(=O)(=O)c2ccc3cc(S(=O)(=O)Nc4ccc(C(=O)O)cc4)c(O)c(/N=N/c4nc[nH]n4)c3c2)cc1. The maximum Gasteiger partial charge on any atom is 0.335 e. The van der Waals surface area contributed by atoms with Crippen LogP contribution in [0.15, 0.2) is 99.1 Å². The molecule has 0 spiro atoms. The normalized spacial score (nSPS) is 11.9. The summed E-state index contributed by atoms with van der Waals surface area (Å²) in [5.74, 6) is -3.44. The summed E-state index contributed by atoms with van der Waals surface area (Å²) in [6.07, 6.45) is 1.20. The highest BCUT2D eigenvalue weighted by Gasteiger charge is 2.26. The number of phenolic OH excluding ortho intramolecular Hbond substituents is 1. The van der Waals surface area contributed by atoms with Crippen LogP contribution in [0.1, 0.15) is 20.7 Å². The maximum atomic E-state index is 13.3. The Hall–Kier alpha value is -5.88. The number of hydrogen-bond acceptors (Lipinski definition) is 11. The number of aromatic hydroxyl groups is 1. The van der Waals surface area contributed by atoms with Crippen LogP contribution < -0.4 is 9.44 Å². The fourth-order valence-corrected chi connectivity index (χ4v) is 6.20. The number of aromatic carboxylic acids is 2. The van der Waals surface area contributed by atoms with Crippen LogP contribution in [0.3, 0.4) is 0 Å². The number of fused-ring (bicyclic) bond motifs is 1. The molecule has 0 unspecified atom stereocenters. The third-order valence-electron chi connectivity index (χ3n) is 6.03. The van der Waals surface area contributed by atoms with Gasteiger partial charge in [0.25, 0.3) is 26.0 Å². The number of anilines is 2. The lowest BCUT2D eigenvalue weighted by molar-refractivity contribution is 0.0686. The molecule has 6 N–H and O–H groups in total. The maximum absolute atomic E-state index is 13.3. The molecule has 0 fully saturated rings. The Morgan fingerprint density at radius 2 is 1.32 bits per heavy atom. The van der Waals surface area contributed by atoms with Crippen LogP contribution in [0.2, 0.25) is 0 Å². The topological polar surface area (TPSA) is 253 Å². The molecule has 0 saturated heterocycles. The number of benzene rings is 4. The summed E-state index contributed by atoms with van der Waals surface area (Å²) in [5.41, 5.74) is -0.466. The van der Waals surface area contributed by atoms with Crippen molar-refractivity contribution in [2.75, 3.05) is 9.44 Å². The quantitative estimate of drug-likeness (QED) is 0.119. The van der Waals surface area contributed by atoms with Gasteiger partial charge in [-0.3, -0.25) is 14.5 Å². The number of nitrogens with zero attached hydrogens (tertiary/aromatic N) is 4. The average Bonchev–Trinajstić information content (AvgIpc) is 3.50. The summed E-state index contributed by atoms with van der Waals surface area (Å²) in [7, 11) is -8.78. The number of phenols is 1. The Labute approximate surface area is 247 Å². The number of carboxylic acids is 2. The molecule has 4 aromatic carbocycles. The lowest BCUT2D eigenvalue weighted by Gasteiger charge is -2.14. The van der Waals surface area contributed by atoms with E-state index in [0.29, 0.717) is 0 Å². The minimum absolute atomic E-state index is 0.00213. The third-order valence-corrected chi connectivity index (χ3v) is 8.81. The summed E-state index contributed by atoms with van der Waals surface area (Å²) < 4.78 is 57.6. The zero-order valence-electron chi connectivity index (χ0n) is 21.9. The molecule has 5 aromatic rings. The second-order valence-electron chi connectivity index (χ2n) is 8.93. The number of aromatic nitrogens is 3. The first-order valence-electron chi connectivity index (χ1n) is 12.1. The van der Waals surface area contributed by atoms with E-state index < -0.39 is 48.3 Å². The lowest BCUT2D eigenvalue weighted by atomic mass is 10.1. The number of aromatic amines is 1. The van der Waals surface area contributed by atoms with Crippen LogP contribution in [-0.2, 0) is 20.0 Å². The molecular weight excluding hydrogens is 618 g/mol. The van der Waals surface area contributed by atoms with Gasteiger partial charge in [0.05, 0.1) is 16.0 Å². The van der Waals surface area contributed by atoms with Gasteiger partial charge in [-0.2, -0.15) is 4.98 Å². The fourth-order valence-electron chi connectivity index (χ4n) is 3.92. The van der Waals surface area contributed by atoms with Gasteiger partial charge >= 0.3 is 11.9 Å². The number of azo groups is 1. The molecule has 44 heavy (non-hydrogen) atoms. The Balaban J connectivity index is 1.58. The Bertz CT molecular complexity index is 2150. The van der Waals surface area contributed by atoms with E-state index in [1.165, 1.54) is 67.0 Å². The number of H-pyrrole nitrogens is 1. The first kappa shape index (κ1) is 29.6. The Morgan fingerprint density at radius 1 is 0.750 bits per heavy atom. The summed E-state index contributed by atoms with van der Waals surface area (Å²) in [5, 5.41) is 43.3. The standard InChI is InChI=1S/C26H19N7O9S2/c34-23-21(44(41,42)33-18-8-3-15(4-9-18)25(37)38)11-16-5-10-19(12-20(16)22(23)29-31-26-27-13-28-30-26)43(39,40)32-17-6-1-14(2-7-17)24(35)36/h1-13,32-34H,(H,35,36)(H,37,38)(H,27,28,30)/b31-29+. The molecule has 0 aliphatic rings. The second-order valence-corrected chi connectivity index (χ2v) is 12.3. The summed E-state index contributed by atoms with van der Waals surface area (Å²) >= 11 is 0. The van der Waals surface area contributed by atoms with Crippen LogP contribution in [0.4, 0.5) is 23.0 Å². The van der Waals surface area contributed by atoms with Gasteiger partial charge < -0.3 is 15.3 Å². The molecule has 0 atom stereocenters. The molecular formula is C26H19N7O9S2. The molecule has 16 nitrogen and oxygen atoms in total. The molecule has 0 aliphatic heterocycles. The molecule has 0 bridgehead atoms. The Morgan fingerprint density at radius 3 is 1.84 bits per heavy atom. The molecule has 0 saturated carbocycles. The number of sulfonamides is 2. The monoisotopic (exact) mass is 637 g/mol. The molecule has 1 aromatic heterocycles. The van der Waals surface area contributed by atoms with Gasteiger partial charge in [-0.15, -0.1) is 15.3 Å². The van der Waals surface area contributed by atoms with E-state index in [9.17, 15) is 31.5 Å². The van der Waals surface area contributed by atoms with Crippen molar-refractivity contribution in [1.82, 2.24) is 15.2 Å². The Kier molecular flexibility index (Phi) is 7.68. The first-order chi connectivity index (χ1) is 20.8. The van der Waals surface area contributed by atoms with Gasteiger partial charge in [-0.05, 0) is 72.1 Å². The van der Waals surface area contributed by atoms with Gasteiger partial charge in [-0.25, -0.2) is 26.4 Å². The zero-order chi connectivity index (χ0) is 31.6. The molecule has 0 radical (unpaired) electrons. The van der Waals surface area contributed by atoms with Gasteiger partial charge in [0.1, 0.15) is 16.9 Å². The molecule has 5 rings (SSSR count). The van der Waals surface area contributed by atoms with Crippen LogP contribution in [-0.4, -0.2) is 59.3 Å². The number of rotatable bonds is 10. The van der Waals surface area contributed by atoms with Crippen molar-refractivity contribution in [1.29, 1.82) is 0 Å². The minimum Gasteiger partial charge on any atom is -0.504 e. The number of nitrogens with one attached hydrogen (secondary N) is 3. The van der Waals surface area contributed by atoms with Gasteiger partial charge in [-0.1, -0.05) is 6.07 Å². The van der Waals surface area contributed by atoms with Crippen LogP contribution >= 0.6 is 0 Å². The second kappa shape index (κ2) is 11.4. The van der Waals surface area contributed by atoms with Crippen molar-refractivity contribution in [2.45, 2.75) is 9.79 Å². The predicted octanol–water partition coefficient (Wildman–Crippen LogP) is 4.08. The van der Waals surface area contributed by atoms with Crippen molar-refractivity contribution in [2.24, 2.45) is 10.2 Å². The van der Waals surface area contributed by atoms with Crippen molar-refractivity contribution < 1.29 is 41.7 Å². The highest BCUT2D eigenvalue weighted by Crippen LogP contribution is 2.42. The largest absolute Gasteiger partial charge is 0.504 e. The predicted molar refractivity (Wildman–Crippen MR) is 155 cm³/mol. The van der Waals surface area contributed by atoms with Gasteiger partial charge in [0.2, 0.25) is 0 Å². The third kappa shape index (κ3) is 6.15. The average molecular weight is 638 g/mol. The van der Waals surface area contributed by atoms with Crippen molar-refractivity contribution in [3.63, 3.8) is 0 Å². The molecule has 0 amide bonds. The van der Waals surface area contributed by atoms with Crippen LogP contribution in [0, 0.1) is 0 Å². The summed E-state index contributed by atoms with van der Waals surface area (Å²) in [4.78, 5) is 25.1. The van der Waals surface area contributed by atoms with Crippen LogP contribution in [0.5, 0.6) is 5.75 Å².